The van der Waals surface area contributed by atoms with Gasteiger partial charge in [0.15, 0.2) is 0 Å². The molecular formula is C12H15BrClNO. The van der Waals surface area contributed by atoms with E-state index >= 15 is 0 Å². The van der Waals surface area contributed by atoms with Crippen LogP contribution in [0.1, 0.15) is 18.4 Å². The van der Waals surface area contributed by atoms with Crippen molar-refractivity contribution in [3.05, 3.63) is 33.3 Å². The minimum absolute atomic E-state index is 0.174. The molecule has 1 aliphatic rings. The molecule has 1 N–H and O–H groups in total. The quantitative estimate of drug-likeness (QED) is 0.908. The molecule has 0 aromatic heterocycles. The Kier molecular flexibility index (Phi) is 4.25. The number of aliphatic hydroxyl groups excluding tert-OH is 1. The molecule has 16 heavy (non-hydrogen) atoms. The van der Waals surface area contributed by atoms with E-state index in [1.165, 1.54) is 5.56 Å². The Morgan fingerprint density at radius 3 is 3.06 bits per heavy atom. The fraction of sp³-hybridized carbons (Fsp3) is 0.500. The van der Waals surface area contributed by atoms with Crippen LogP contribution in [0.25, 0.3) is 0 Å². The normalized spacial score (nSPS) is 22.3. The van der Waals surface area contributed by atoms with Crippen LogP contribution in [0.3, 0.4) is 0 Å². The average Bonchev–Trinajstić information content (AvgIpc) is 2.24. The number of benzene rings is 1. The van der Waals surface area contributed by atoms with Crippen molar-refractivity contribution in [3.8, 4) is 0 Å². The lowest BCUT2D eigenvalue weighted by atomic mass is 10.1. The smallest absolute Gasteiger partial charge is 0.0667 e. The highest BCUT2D eigenvalue weighted by Crippen LogP contribution is 2.23. The molecule has 1 atom stereocenters. The van der Waals surface area contributed by atoms with Crippen LogP contribution in [0.15, 0.2) is 22.7 Å². The molecule has 2 rings (SSSR count). The molecule has 0 amide bonds. The minimum atomic E-state index is -0.174. The second kappa shape index (κ2) is 5.50. The van der Waals surface area contributed by atoms with Crippen molar-refractivity contribution in [2.45, 2.75) is 25.5 Å². The zero-order valence-corrected chi connectivity index (χ0v) is 11.3. The van der Waals surface area contributed by atoms with Gasteiger partial charge in [-0.3, -0.25) is 4.90 Å². The molecule has 1 saturated heterocycles. The first-order valence-corrected chi connectivity index (χ1v) is 6.66. The first kappa shape index (κ1) is 12.4. The molecular weight excluding hydrogens is 289 g/mol. The molecule has 4 heteroatoms. The Hall–Kier alpha value is -0.0900. The molecule has 2 nitrogen and oxygen atoms in total. The zero-order chi connectivity index (χ0) is 11.5. The van der Waals surface area contributed by atoms with E-state index in [0.29, 0.717) is 0 Å². The molecule has 0 saturated carbocycles. The Morgan fingerprint density at radius 2 is 2.31 bits per heavy atom. The number of rotatable bonds is 2. The number of likely N-dealkylation sites (tertiary alicyclic amines) is 1. The van der Waals surface area contributed by atoms with E-state index in [9.17, 15) is 5.11 Å². The van der Waals surface area contributed by atoms with Crippen LogP contribution in [0.2, 0.25) is 5.02 Å². The lowest BCUT2D eigenvalue weighted by molar-refractivity contribution is 0.0667. The van der Waals surface area contributed by atoms with E-state index in [2.05, 4.69) is 20.8 Å². The van der Waals surface area contributed by atoms with Crippen LogP contribution < -0.4 is 0 Å². The maximum atomic E-state index is 9.60. The maximum Gasteiger partial charge on any atom is 0.0667 e. The Morgan fingerprint density at radius 1 is 1.50 bits per heavy atom. The Balaban J connectivity index is 2.05. The predicted octanol–water partition coefficient (Wildman–Crippen LogP) is 3.06. The van der Waals surface area contributed by atoms with Crippen molar-refractivity contribution in [1.29, 1.82) is 0 Å². The van der Waals surface area contributed by atoms with Gasteiger partial charge in [-0.1, -0.05) is 27.5 Å². The van der Waals surface area contributed by atoms with Gasteiger partial charge < -0.3 is 5.11 Å². The van der Waals surface area contributed by atoms with E-state index in [-0.39, 0.29) is 6.10 Å². The SMILES string of the molecule is OC1CCCN(Cc2cc(Cl)ccc2Br)C1. The van der Waals surface area contributed by atoms with Gasteiger partial charge in [-0.2, -0.15) is 0 Å². The van der Waals surface area contributed by atoms with Gasteiger partial charge in [0.05, 0.1) is 6.10 Å². The fourth-order valence-electron chi connectivity index (χ4n) is 2.08. The van der Waals surface area contributed by atoms with E-state index < -0.39 is 0 Å². The number of aliphatic hydroxyl groups is 1. The summed E-state index contributed by atoms with van der Waals surface area (Å²) in [6.45, 7) is 2.66. The van der Waals surface area contributed by atoms with Crippen LogP contribution >= 0.6 is 27.5 Å². The summed E-state index contributed by atoms with van der Waals surface area (Å²) in [4.78, 5) is 2.27. The average molecular weight is 305 g/mol. The Bertz CT molecular complexity index is 372. The summed E-state index contributed by atoms with van der Waals surface area (Å²) < 4.78 is 1.08. The lowest BCUT2D eigenvalue weighted by Crippen LogP contribution is -2.37. The van der Waals surface area contributed by atoms with E-state index in [1.807, 2.05) is 18.2 Å². The van der Waals surface area contributed by atoms with Crippen LogP contribution in [0.5, 0.6) is 0 Å². The number of hydrogen-bond acceptors (Lipinski definition) is 2. The van der Waals surface area contributed by atoms with Crippen molar-refractivity contribution >= 4 is 27.5 Å². The van der Waals surface area contributed by atoms with Crippen LogP contribution in [-0.4, -0.2) is 29.2 Å². The third kappa shape index (κ3) is 3.20. The van der Waals surface area contributed by atoms with Gasteiger partial charge in [-0.05, 0) is 43.1 Å². The summed E-state index contributed by atoms with van der Waals surface area (Å²) in [5, 5.41) is 10.4. The van der Waals surface area contributed by atoms with Gasteiger partial charge in [0, 0.05) is 22.6 Å². The summed E-state index contributed by atoms with van der Waals surface area (Å²) in [6, 6.07) is 5.82. The summed E-state index contributed by atoms with van der Waals surface area (Å²) in [5.41, 5.74) is 1.18. The highest BCUT2D eigenvalue weighted by atomic mass is 79.9. The van der Waals surface area contributed by atoms with Crippen molar-refractivity contribution in [3.63, 3.8) is 0 Å². The van der Waals surface area contributed by atoms with Gasteiger partial charge in [0.1, 0.15) is 0 Å². The molecule has 0 aliphatic carbocycles. The van der Waals surface area contributed by atoms with Gasteiger partial charge in [0.2, 0.25) is 0 Å². The molecule has 0 radical (unpaired) electrons. The molecule has 1 aromatic carbocycles. The number of nitrogens with zero attached hydrogens (tertiary/aromatic N) is 1. The summed E-state index contributed by atoms with van der Waals surface area (Å²) in [7, 11) is 0. The standard InChI is InChI=1S/C12H15BrClNO/c13-12-4-3-10(14)6-9(12)7-15-5-1-2-11(16)8-15/h3-4,6,11,16H,1-2,5,7-8H2. The lowest BCUT2D eigenvalue weighted by Gasteiger charge is -2.30. The summed E-state index contributed by atoms with van der Waals surface area (Å²) in [5.74, 6) is 0. The summed E-state index contributed by atoms with van der Waals surface area (Å²) >= 11 is 9.50. The van der Waals surface area contributed by atoms with Gasteiger partial charge >= 0.3 is 0 Å². The molecule has 0 spiro atoms. The van der Waals surface area contributed by atoms with Crippen molar-refractivity contribution in [2.75, 3.05) is 13.1 Å². The summed E-state index contributed by atoms with van der Waals surface area (Å²) in [6.07, 6.45) is 1.82. The molecule has 0 bridgehead atoms. The monoisotopic (exact) mass is 303 g/mol. The third-order valence-corrected chi connectivity index (χ3v) is 3.89. The second-order valence-corrected chi connectivity index (χ2v) is 5.56. The first-order chi connectivity index (χ1) is 7.65. The number of halogens is 2. The predicted molar refractivity (Wildman–Crippen MR) is 69.7 cm³/mol. The highest BCUT2D eigenvalue weighted by Gasteiger charge is 2.18. The topological polar surface area (TPSA) is 23.5 Å². The molecule has 1 heterocycles. The second-order valence-electron chi connectivity index (χ2n) is 4.27. The largest absolute Gasteiger partial charge is 0.392 e. The molecule has 1 unspecified atom stereocenters. The van der Waals surface area contributed by atoms with E-state index in [0.717, 1.165) is 42.0 Å². The first-order valence-electron chi connectivity index (χ1n) is 5.49. The number of hydrogen-bond donors (Lipinski definition) is 1. The fourth-order valence-corrected chi connectivity index (χ4v) is 2.65. The third-order valence-electron chi connectivity index (χ3n) is 2.88. The van der Waals surface area contributed by atoms with Crippen LogP contribution in [-0.2, 0) is 6.54 Å². The molecule has 1 aliphatic heterocycles. The van der Waals surface area contributed by atoms with Crippen LogP contribution in [0, 0.1) is 0 Å². The number of piperidine rings is 1. The van der Waals surface area contributed by atoms with E-state index in [4.69, 9.17) is 11.6 Å². The van der Waals surface area contributed by atoms with Gasteiger partial charge in [-0.15, -0.1) is 0 Å². The van der Waals surface area contributed by atoms with Gasteiger partial charge in [0.25, 0.3) is 0 Å². The van der Waals surface area contributed by atoms with Crippen LogP contribution in [0.4, 0.5) is 0 Å². The van der Waals surface area contributed by atoms with E-state index in [1.54, 1.807) is 0 Å². The maximum absolute atomic E-state index is 9.60. The minimum Gasteiger partial charge on any atom is -0.392 e. The molecule has 88 valence electrons. The van der Waals surface area contributed by atoms with Crippen molar-refractivity contribution in [2.24, 2.45) is 0 Å². The highest BCUT2D eigenvalue weighted by molar-refractivity contribution is 9.10. The van der Waals surface area contributed by atoms with Gasteiger partial charge in [-0.25, -0.2) is 0 Å². The van der Waals surface area contributed by atoms with Crippen molar-refractivity contribution in [1.82, 2.24) is 4.90 Å². The molecule has 1 aromatic rings. The zero-order valence-electron chi connectivity index (χ0n) is 9.00. The Labute approximate surface area is 109 Å². The van der Waals surface area contributed by atoms with Crippen molar-refractivity contribution < 1.29 is 5.11 Å². The number of β-amino-alcohol motifs (C(OH)–C–C–N with tert-alkyl or cyclic N) is 1. The molecule has 1 fully saturated rings.